The molecule has 0 aromatic heterocycles. The van der Waals surface area contributed by atoms with Crippen LogP contribution in [0.1, 0.15) is 39.5 Å². The van der Waals surface area contributed by atoms with Crippen molar-refractivity contribution in [1.29, 1.82) is 0 Å². The predicted octanol–water partition coefficient (Wildman–Crippen LogP) is 1.78. The zero-order chi connectivity index (χ0) is 12.1. The predicted molar refractivity (Wildman–Crippen MR) is 71.2 cm³/mol. The third-order valence-corrected chi connectivity index (χ3v) is 4.19. The summed E-state index contributed by atoms with van der Waals surface area (Å²) >= 11 is 0. The molecule has 1 aliphatic carbocycles. The highest BCUT2D eigenvalue weighted by Gasteiger charge is 2.22. The second-order valence-corrected chi connectivity index (χ2v) is 6.06. The number of morpholine rings is 1. The average molecular weight is 240 g/mol. The van der Waals surface area contributed by atoms with Crippen molar-refractivity contribution in [2.24, 2.45) is 11.8 Å². The van der Waals surface area contributed by atoms with E-state index >= 15 is 0 Å². The molecule has 2 N–H and O–H groups in total. The van der Waals surface area contributed by atoms with Crippen molar-refractivity contribution < 1.29 is 4.74 Å². The molecular formula is C14H28N2O. The molecule has 1 saturated heterocycles. The van der Waals surface area contributed by atoms with Crippen LogP contribution in [0.3, 0.4) is 0 Å². The first kappa shape index (κ1) is 13.3. The van der Waals surface area contributed by atoms with Crippen LogP contribution in [-0.2, 0) is 4.74 Å². The summed E-state index contributed by atoms with van der Waals surface area (Å²) in [7, 11) is 0. The van der Waals surface area contributed by atoms with E-state index in [1.807, 2.05) is 0 Å². The van der Waals surface area contributed by atoms with Crippen LogP contribution in [0.15, 0.2) is 0 Å². The van der Waals surface area contributed by atoms with E-state index in [-0.39, 0.29) is 0 Å². The Kier molecular flexibility index (Phi) is 5.26. The summed E-state index contributed by atoms with van der Waals surface area (Å²) in [4.78, 5) is 0. The van der Waals surface area contributed by atoms with Crippen LogP contribution < -0.4 is 10.6 Å². The lowest BCUT2D eigenvalue weighted by atomic mass is 10.0. The Labute approximate surface area is 106 Å². The highest BCUT2D eigenvalue weighted by Crippen LogP contribution is 2.29. The molecule has 0 aromatic carbocycles. The number of ether oxygens (including phenoxy) is 1. The summed E-state index contributed by atoms with van der Waals surface area (Å²) in [6.45, 7) is 8.66. The molecule has 2 aliphatic rings. The van der Waals surface area contributed by atoms with Crippen LogP contribution in [0.4, 0.5) is 0 Å². The van der Waals surface area contributed by atoms with Gasteiger partial charge in [-0.3, -0.25) is 0 Å². The third kappa shape index (κ3) is 4.57. The highest BCUT2D eigenvalue weighted by molar-refractivity contribution is 4.79. The van der Waals surface area contributed by atoms with Crippen LogP contribution in [0.25, 0.3) is 0 Å². The first-order chi connectivity index (χ1) is 8.24. The maximum Gasteiger partial charge on any atom is 0.0620 e. The van der Waals surface area contributed by atoms with Gasteiger partial charge in [0.05, 0.1) is 13.2 Å². The molecule has 0 radical (unpaired) electrons. The Bertz CT molecular complexity index is 216. The normalized spacial score (nSPS) is 36.0. The Balaban J connectivity index is 1.58. The number of nitrogens with one attached hydrogen (secondary N) is 2. The van der Waals surface area contributed by atoms with E-state index in [9.17, 15) is 0 Å². The topological polar surface area (TPSA) is 33.3 Å². The van der Waals surface area contributed by atoms with Crippen LogP contribution >= 0.6 is 0 Å². The van der Waals surface area contributed by atoms with E-state index in [1.54, 1.807) is 0 Å². The first-order valence-corrected chi connectivity index (χ1v) is 7.28. The van der Waals surface area contributed by atoms with Gasteiger partial charge < -0.3 is 15.4 Å². The summed E-state index contributed by atoms with van der Waals surface area (Å²) in [6, 6.07) is 1.15. The minimum Gasteiger partial charge on any atom is -0.379 e. The molecule has 17 heavy (non-hydrogen) atoms. The van der Waals surface area contributed by atoms with Gasteiger partial charge in [-0.15, -0.1) is 0 Å². The fourth-order valence-electron chi connectivity index (χ4n) is 3.16. The van der Waals surface area contributed by atoms with Crippen molar-refractivity contribution in [2.45, 2.75) is 51.6 Å². The lowest BCUT2D eigenvalue weighted by Crippen LogP contribution is -2.45. The molecule has 2 rings (SSSR count). The molecule has 1 heterocycles. The minimum absolute atomic E-state index is 0.550. The van der Waals surface area contributed by atoms with Crippen molar-refractivity contribution in [3.63, 3.8) is 0 Å². The van der Waals surface area contributed by atoms with Crippen LogP contribution in [0, 0.1) is 11.8 Å². The SMILES string of the molecule is CC1CCC(CNC(C)CC2COCCN2)C1. The fourth-order valence-corrected chi connectivity index (χ4v) is 3.16. The summed E-state index contributed by atoms with van der Waals surface area (Å²) < 4.78 is 5.48. The fraction of sp³-hybridized carbons (Fsp3) is 1.00. The third-order valence-electron chi connectivity index (χ3n) is 4.19. The summed E-state index contributed by atoms with van der Waals surface area (Å²) in [6.07, 6.45) is 5.46. The van der Waals surface area contributed by atoms with Gasteiger partial charge >= 0.3 is 0 Å². The largest absolute Gasteiger partial charge is 0.379 e. The standard InChI is InChI=1S/C14H28N2O/c1-11-3-4-13(7-11)9-16-12(2)8-14-10-17-6-5-15-14/h11-16H,3-10H2,1-2H3. The summed E-state index contributed by atoms with van der Waals surface area (Å²) in [5.74, 6) is 1.87. The minimum atomic E-state index is 0.550. The summed E-state index contributed by atoms with van der Waals surface area (Å²) in [5, 5.41) is 7.22. The van der Waals surface area contributed by atoms with Gasteiger partial charge in [0.25, 0.3) is 0 Å². The van der Waals surface area contributed by atoms with Crippen molar-refractivity contribution in [2.75, 3.05) is 26.3 Å². The van der Waals surface area contributed by atoms with E-state index in [4.69, 9.17) is 4.74 Å². The molecule has 3 nitrogen and oxygen atoms in total. The zero-order valence-corrected chi connectivity index (χ0v) is 11.4. The molecule has 0 spiro atoms. The van der Waals surface area contributed by atoms with E-state index < -0.39 is 0 Å². The summed E-state index contributed by atoms with van der Waals surface area (Å²) in [5.41, 5.74) is 0. The molecular weight excluding hydrogens is 212 g/mol. The first-order valence-electron chi connectivity index (χ1n) is 7.28. The smallest absolute Gasteiger partial charge is 0.0620 e. The zero-order valence-electron chi connectivity index (χ0n) is 11.4. The van der Waals surface area contributed by atoms with Crippen molar-refractivity contribution in [3.8, 4) is 0 Å². The molecule has 2 fully saturated rings. The van der Waals surface area contributed by atoms with Gasteiger partial charge in [0.1, 0.15) is 0 Å². The highest BCUT2D eigenvalue weighted by atomic mass is 16.5. The maximum absolute atomic E-state index is 5.48. The maximum atomic E-state index is 5.48. The number of rotatable bonds is 5. The van der Waals surface area contributed by atoms with Crippen molar-refractivity contribution >= 4 is 0 Å². The van der Waals surface area contributed by atoms with E-state index in [1.165, 1.54) is 32.2 Å². The Morgan fingerprint density at radius 2 is 2.29 bits per heavy atom. The van der Waals surface area contributed by atoms with Gasteiger partial charge in [-0.05, 0) is 44.6 Å². The van der Waals surface area contributed by atoms with Crippen LogP contribution in [0.2, 0.25) is 0 Å². The van der Waals surface area contributed by atoms with E-state index in [2.05, 4.69) is 24.5 Å². The van der Waals surface area contributed by atoms with Gasteiger partial charge in [0.15, 0.2) is 0 Å². The quantitative estimate of drug-likeness (QED) is 0.768. The van der Waals surface area contributed by atoms with Gasteiger partial charge in [-0.2, -0.15) is 0 Å². The second kappa shape index (κ2) is 6.72. The monoisotopic (exact) mass is 240 g/mol. The molecule has 3 heteroatoms. The average Bonchev–Trinajstić information content (AvgIpc) is 2.74. The molecule has 0 amide bonds. The van der Waals surface area contributed by atoms with Crippen molar-refractivity contribution in [1.82, 2.24) is 10.6 Å². The second-order valence-electron chi connectivity index (χ2n) is 6.06. The van der Waals surface area contributed by atoms with Gasteiger partial charge in [-0.25, -0.2) is 0 Å². The molecule has 4 atom stereocenters. The van der Waals surface area contributed by atoms with Gasteiger partial charge in [0.2, 0.25) is 0 Å². The molecule has 1 aliphatic heterocycles. The molecule has 4 unspecified atom stereocenters. The van der Waals surface area contributed by atoms with Gasteiger partial charge in [0, 0.05) is 18.6 Å². The van der Waals surface area contributed by atoms with Crippen LogP contribution in [-0.4, -0.2) is 38.4 Å². The van der Waals surface area contributed by atoms with Crippen LogP contribution in [0.5, 0.6) is 0 Å². The molecule has 0 bridgehead atoms. The van der Waals surface area contributed by atoms with E-state index in [0.29, 0.717) is 12.1 Å². The lowest BCUT2D eigenvalue weighted by Gasteiger charge is -2.27. The number of hydrogen-bond donors (Lipinski definition) is 2. The Morgan fingerprint density at radius 1 is 1.41 bits per heavy atom. The van der Waals surface area contributed by atoms with E-state index in [0.717, 1.165) is 31.6 Å². The lowest BCUT2D eigenvalue weighted by molar-refractivity contribution is 0.0711. The molecule has 1 saturated carbocycles. The van der Waals surface area contributed by atoms with Crippen molar-refractivity contribution in [3.05, 3.63) is 0 Å². The Morgan fingerprint density at radius 3 is 2.94 bits per heavy atom. The van der Waals surface area contributed by atoms with Gasteiger partial charge in [-0.1, -0.05) is 13.3 Å². The molecule has 0 aromatic rings. The molecule has 100 valence electrons. The number of hydrogen-bond acceptors (Lipinski definition) is 3. The Hall–Kier alpha value is -0.120.